The molecule has 0 amide bonds. The number of carboxylic acids is 1. The number of carboxylic acid groups (broad SMARTS) is 1. The number of aliphatic hydroxyl groups is 13. The lowest BCUT2D eigenvalue weighted by Crippen LogP contribution is -2.68. The van der Waals surface area contributed by atoms with E-state index >= 15 is 0 Å². The van der Waals surface area contributed by atoms with Gasteiger partial charge in [0.25, 0.3) is 0 Å². The van der Waals surface area contributed by atoms with Gasteiger partial charge in [0.15, 0.2) is 25.2 Å². The Labute approximate surface area is 472 Å². The first kappa shape index (κ1) is 64.8. The Morgan fingerprint density at radius 1 is 0.605 bits per heavy atom. The summed E-state index contributed by atoms with van der Waals surface area (Å²) in [6.45, 7) is 14.6. The van der Waals surface area contributed by atoms with Gasteiger partial charge in [-0.2, -0.15) is 0 Å². The van der Waals surface area contributed by atoms with E-state index in [1.165, 1.54) is 0 Å². The van der Waals surface area contributed by atoms with Crippen LogP contribution in [0.4, 0.5) is 0 Å². The molecule has 4 aliphatic heterocycles. The van der Waals surface area contributed by atoms with Crippen molar-refractivity contribution in [2.75, 3.05) is 26.4 Å². The largest absolute Gasteiger partial charge is 0.481 e. The van der Waals surface area contributed by atoms with Crippen LogP contribution in [0.25, 0.3) is 0 Å². The summed E-state index contributed by atoms with van der Waals surface area (Å²) in [6, 6.07) is 0. The molecule has 4 saturated carbocycles. The van der Waals surface area contributed by atoms with Gasteiger partial charge in [0.1, 0.15) is 105 Å². The van der Waals surface area contributed by atoms with Gasteiger partial charge >= 0.3 is 11.9 Å². The van der Waals surface area contributed by atoms with E-state index in [1.807, 2.05) is 20.8 Å². The summed E-state index contributed by atoms with van der Waals surface area (Å²) in [7, 11) is 0. The quantitative estimate of drug-likeness (QED) is 0.0302. The predicted octanol–water partition coefficient (Wildman–Crippen LogP) is -1.54. The molecule has 29 atom stereocenters. The van der Waals surface area contributed by atoms with Crippen molar-refractivity contribution in [3.63, 3.8) is 0 Å². The number of allylic oxidation sites excluding steroid dienone is 2. The van der Waals surface area contributed by atoms with Crippen LogP contribution in [0.5, 0.6) is 0 Å². The molecule has 0 spiro atoms. The van der Waals surface area contributed by atoms with Crippen molar-refractivity contribution in [2.45, 2.75) is 254 Å². The van der Waals surface area contributed by atoms with Gasteiger partial charge in [-0.05, 0) is 124 Å². The molecule has 0 aromatic carbocycles. The van der Waals surface area contributed by atoms with Crippen LogP contribution >= 0.6 is 0 Å². The lowest BCUT2D eigenvalue weighted by atomic mass is 9.35. The number of hydrogen-bond acceptors (Lipinski definition) is 24. The molecule has 14 N–H and O–H groups in total. The van der Waals surface area contributed by atoms with Crippen LogP contribution in [0.15, 0.2) is 11.6 Å². The van der Waals surface area contributed by atoms with E-state index in [2.05, 4.69) is 40.7 Å². The van der Waals surface area contributed by atoms with Crippen molar-refractivity contribution in [1.82, 2.24) is 0 Å². The second kappa shape index (κ2) is 24.9. The summed E-state index contributed by atoms with van der Waals surface area (Å²) < 4.78 is 54.0. The molecule has 25 nitrogen and oxygen atoms in total. The van der Waals surface area contributed by atoms with Crippen molar-refractivity contribution in [2.24, 2.45) is 45.3 Å². The van der Waals surface area contributed by atoms with Gasteiger partial charge in [-0.1, -0.05) is 46.3 Å². The Balaban J connectivity index is 0.998. The van der Waals surface area contributed by atoms with Gasteiger partial charge in [-0.3, -0.25) is 9.59 Å². The summed E-state index contributed by atoms with van der Waals surface area (Å²) in [4.78, 5) is 23.0. The average Bonchev–Trinajstić information content (AvgIpc) is 2.15. The molecule has 8 aliphatic rings. The normalized spacial score (nSPS) is 49.4. The van der Waals surface area contributed by atoms with Crippen LogP contribution in [0.2, 0.25) is 0 Å². The van der Waals surface area contributed by atoms with E-state index in [-0.39, 0.29) is 34.5 Å². The highest BCUT2D eigenvalue weighted by molar-refractivity contribution is 5.90. The van der Waals surface area contributed by atoms with Crippen LogP contribution < -0.4 is 0 Å². The molecule has 0 radical (unpaired) electrons. The smallest absolute Gasteiger partial charge is 0.317 e. The number of esters is 1. The molecule has 466 valence electrons. The molecular weight excluding hydrogens is 1070 g/mol. The maximum absolute atomic E-state index is 12.9. The summed E-state index contributed by atoms with van der Waals surface area (Å²) in [5.41, 5.74) is -1.72. The highest BCUT2D eigenvalue weighted by Gasteiger charge is 2.72. The van der Waals surface area contributed by atoms with E-state index in [0.717, 1.165) is 24.8 Å². The average molecular weight is 1170 g/mol. The highest BCUT2D eigenvalue weighted by Crippen LogP contribution is 2.76. The SMILES string of the molecule is CC(C)=CCC[C@](C)(O[C@H]1O[C@H](CO[C@@H]2O[C@H](CO)[C@@H](O)[C@H]2O)[C@H](O)[C@@H](O)[C@@H]1O)[C@@H]1CC[C@@]2(C)[C@@H]1[C@H](O)C[C@@H]1[C@]3(C)CC[C@H](O[C@@H]4O[C@@H](CO)[C@H](O)[C@H](O)[C@H]4O[C@H]4O[C@@H](COC(=O)CC(=O)O)[C@@H](O)[C@@H](O)[C@H]4O)C(C)(C)[C@@H]3CC[C@]12C. The minimum atomic E-state index is -1.95. The number of rotatable bonds is 19. The van der Waals surface area contributed by atoms with Gasteiger partial charge in [0.05, 0.1) is 37.6 Å². The van der Waals surface area contributed by atoms with Gasteiger partial charge < -0.3 is 114 Å². The van der Waals surface area contributed by atoms with E-state index in [4.69, 9.17) is 47.7 Å². The summed E-state index contributed by atoms with van der Waals surface area (Å²) in [5.74, 6) is -3.18. The lowest BCUT2D eigenvalue weighted by molar-refractivity contribution is -0.378. The first-order valence-electron chi connectivity index (χ1n) is 28.8. The van der Waals surface area contributed by atoms with Crippen LogP contribution in [0.3, 0.4) is 0 Å². The Hall–Kier alpha value is -2.16. The van der Waals surface area contributed by atoms with E-state index < -0.39 is 190 Å². The minimum Gasteiger partial charge on any atom is -0.481 e. The molecule has 8 fully saturated rings. The maximum atomic E-state index is 12.9. The van der Waals surface area contributed by atoms with Crippen LogP contribution in [-0.4, -0.2) is 244 Å². The zero-order chi connectivity index (χ0) is 59.6. The zero-order valence-electron chi connectivity index (χ0n) is 47.7. The van der Waals surface area contributed by atoms with Crippen molar-refractivity contribution in [3.8, 4) is 0 Å². The standard InChI is InChI=1S/C56H92O25/c1-24(2)10-9-14-56(8,81-50-46(72)42(68)40(66)30(78-50)23-74-48-44(70)38(64)28(21-58)75-48)25-11-16-55(7)36(25)26(59)18-32-53(5)15-13-33(52(3,4)31(53)12-17-54(32,55)6)79-51-47(43(69)37(63)27(20-57)76-51)80-49-45(71)41(67)39(65)29(77-49)22-73-35(62)19-34(60)61/h10,25-33,36-51,57-59,63-72H,9,11-23H2,1-8H3,(H,60,61)/t25-,26-,27+,28-,29+,30-,31+,32-,33+,36+,37+,38-,39-,40+,41-,42-,43+,44-,45-,46+,47-,48-,49-,50-,51+,53-,54-,55+,56+/m1/s1. The highest BCUT2D eigenvalue weighted by atomic mass is 16.8. The zero-order valence-corrected chi connectivity index (χ0v) is 47.7. The molecule has 4 saturated heterocycles. The topological polar surface area (TPSA) is 400 Å². The maximum Gasteiger partial charge on any atom is 0.317 e. The molecule has 0 bridgehead atoms. The first-order valence-corrected chi connectivity index (χ1v) is 28.8. The second-order valence-corrected chi connectivity index (χ2v) is 26.3. The third-order valence-corrected chi connectivity index (χ3v) is 21.1. The fourth-order valence-electron chi connectivity index (χ4n) is 16.4. The summed E-state index contributed by atoms with van der Waals surface area (Å²) >= 11 is 0. The Kier molecular flexibility index (Phi) is 19.9. The van der Waals surface area contributed by atoms with E-state index in [9.17, 15) is 76.0 Å². The van der Waals surface area contributed by atoms with Crippen molar-refractivity contribution in [1.29, 1.82) is 0 Å². The van der Waals surface area contributed by atoms with Gasteiger partial charge in [-0.25, -0.2) is 0 Å². The van der Waals surface area contributed by atoms with E-state index in [1.54, 1.807) is 0 Å². The first-order chi connectivity index (χ1) is 37.9. The third kappa shape index (κ3) is 12.0. The molecule has 81 heavy (non-hydrogen) atoms. The number of ether oxygens (including phenoxy) is 9. The molecule has 0 aromatic heterocycles. The molecule has 0 unspecified atom stereocenters. The number of carbonyl (C=O) groups excluding carboxylic acids is 1. The van der Waals surface area contributed by atoms with Crippen LogP contribution in [0.1, 0.15) is 120 Å². The lowest BCUT2D eigenvalue weighted by Gasteiger charge is -2.71. The number of aliphatic carboxylic acids is 1. The number of carbonyl (C=O) groups is 2. The molecule has 4 aliphatic carbocycles. The van der Waals surface area contributed by atoms with Crippen molar-refractivity contribution >= 4 is 11.9 Å². The summed E-state index contributed by atoms with van der Waals surface area (Å²) in [6.07, 6.45) is -25.1. The fraction of sp³-hybridized carbons (Fsp3) is 0.929. The Bertz CT molecular complexity index is 2180. The minimum absolute atomic E-state index is 0.00537. The van der Waals surface area contributed by atoms with Crippen molar-refractivity contribution < 1.29 is 124 Å². The Morgan fingerprint density at radius 2 is 1.15 bits per heavy atom. The molecular formula is C56H92O25. The number of hydrogen-bond donors (Lipinski definition) is 14. The Morgan fingerprint density at radius 3 is 1.77 bits per heavy atom. The third-order valence-electron chi connectivity index (χ3n) is 21.1. The second-order valence-electron chi connectivity index (χ2n) is 26.3. The molecule has 4 heterocycles. The number of aliphatic hydroxyl groups excluding tert-OH is 13. The fourth-order valence-corrected chi connectivity index (χ4v) is 16.4. The van der Waals surface area contributed by atoms with Gasteiger partial charge in [0.2, 0.25) is 0 Å². The predicted molar refractivity (Wildman–Crippen MR) is 276 cm³/mol. The van der Waals surface area contributed by atoms with Gasteiger partial charge in [-0.15, -0.1) is 0 Å². The van der Waals surface area contributed by atoms with Crippen LogP contribution in [-0.2, 0) is 52.2 Å². The summed E-state index contributed by atoms with van der Waals surface area (Å²) in [5, 5.41) is 151. The number of fused-ring (bicyclic) bond motifs is 5. The molecule has 25 heteroatoms. The van der Waals surface area contributed by atoms with E-state index in [0.29, 0.717) is 38.5 Å². The molecule has 8 rings (SSSR count). The molecule has 0 aromatic rings. The van der Waals surface area contributed by atoms with Crippen LogP contribution in [0, 0.1) is 45.3 Å². The monoisotopic (exact) mass is 1160 g/mol. The van der Waals surface area contributed by atoms with Crippen molar-refractivity contribution in [3.05, 3.63) is 11.6 Å². The van der Waals surface area contributed by atoms with Gasteiger partial charge in [0, 0.05) is 0 Å².